The molecule has 1 heterocycles. The maximum absolute atomic E-state index is 6.43. The Morgan fingerprint density at radius 2 is 1.09 bits per heavy atom. The van der Waals surface area contributed by atoms with Crippen LogP contribution in [0.3, 0.4) is 0 Å². The second kappa shape index (κ2) is 21.0. The first-order valence-corrected chi connectivity index (χ1v) is 22.4. The van der Waals surface area contributed by atoms with Crippen molar-refractivity contribution in [2.45, 2.75) is 40.0 Å². The predicted octanol–water partition coefficient (Wildman–Crippen LogP) is 17.4. The Morgan fingerprint density at radius 3 is 1.75 bits per heavy atom. The van der Waals surface area contributed by atoms with E-state index in [1.807, 2.05) is 42.5 Å². The summed E-state index contributed by atoms with van der Waals surface area (Å²) in [5.41, 5.74) is 17.7. The van der Waals surface area contributed by atoms with Gasteiger partial charge in [-0.15, -0.1) is 0 Å². The summed E-state index contributed by atoms with van der Waals surface area (Å²) in [4.78, 5) is 5.12. The van der Waals surface area contributed by atoms with Crippen LogP contribution in [0.4, 0.5) is 0 Å². The van der Waals surface area contributed by atoms with Gasteiger partial charge in [0, 0.05) is 33.5 Å². The average Bonchev–Trinajstić information content (AvgIpc) is 3.76. The monoisotopic (exact) mass is 841 g/mol. The summed E-state index contributed by atoms with van der Waals surface area (Å²) < 4.78 is 6.43. The summed E-state index contributed by atoms with van der Waals surface area (Å²) in [5, 5.41) is 2.28. The highest BCUT2D eigenvalue weighted by Gasteiger charge is 2.14. The van der Waals surface area contributed by atoms with Gasteiger partial charge in [0.05, 0.1) is 5.70 Å². The zero-order chi connectivity index (χ0) is 45.0. The maximum Gasteiger partial charge on any atom is 0.143 e. The van der Waals surface area contributed by atoms with E-state index in [1.54, 1.807) is 0 Å². The van der Waals surface area contributed by atoms with E-state index in [0.29, 0.717) is 5.92 Å². The molecule has 1 aliphatic rings. The molecule has 0 saturated carbocycles. The zero-order valence-electron chi connectivity index (χ0n) is 37.8. The van der Waals surface area contributed by atoms with Gasteiger partial charge in [-0.1, -0.05) is 236 Å². The van der Waals surface area contributed by atoms with E-state index in [1.165, 1.54) is 27.8 Å². The van der Waals surface area contributed by atoms with Crippen molar-refractivity contribution in [1.82, 2.24) is 0 Å². The van der Waals surface area contributed by atoms with Gasteiger partial charge in [-0.25, -0.2) is 0 Å². The van der Waals surface area contributed by atoms with E-state index in [9.17, 15) is 0 Å². The van der Waals surface area contributed by atoms with Crippen LogP contribution in [0.25, 0.3) is 55.5 Å². The molecular weight excluding hydrogens is 787 g/mol. The van der Waals surface area contributed by atoms with Crippen LogP contribution in [0.5, 0.6) is 0 Å². The molecule has 1 aliphatic carbocycles. The molecule has 65 heavy (non-hydrogen) atoms. The molecule has 0 N–H and O–H groups in total. The summed E-state index contributed by atoms with van der Waals surface area (Å²) >= 11 is 0. The molecule has 2 nitrogen and oxygen atoms in total. The average molecular weight is 842 g/mol. The van der Waals surface area contributed by atoms with E-state index in [-0.39, 0.29) is 0 Å². The summed E-state index contributed by atoms with van der Waals surface area (Å²) in [6.45, 7) is 12.7. The molecule has 0 fully saturated rings. The molecule has 8 aromatic carbocycles. The van der Waals surface area contributed by atoms with Gasteiger partial charge in [-0.05, 0) is 90.8 Å². The second-order valence-corrected chi connectivity index (χ2v) is 16.6. The molecule has 0 saturated heterocycles. The van der Waals surface area contributed by atoms with Crippen LogP contribution in [-0.2, 0) is 0 Å². The molecule has 2 heteroatoms. The number of aryl methyl sites for hydroxylation is 3. The zero-order valence-corrected chi connectivity index (χ0v) is 37.8. The molecule has 1 atom stereocenters. The largest absolute Gasteiger partial charge is 0.455 e. The molecule has 0 amide bonds. The van der Waals surface area contributed by atoms with Gasteiger partial charge in [-0.3, -0.25) is 4.99 Å². The number of furan rings is 1. The van der Waals surface area contributed by atoms with Crippen LogP contribution >= 0.6 is 0 Å². The van der Waals surface area contributed by atoms with Gasteiger partial charge < -0.3 is 4.42 Å². The number of allylic oxidation sites excluding steroid dienone is 6. The number of fused-ring (bicyclic) bond motifs is 3. The van der Waals surface area contributed by atoms with E-state index >= 15 is 0 Å². The second-order valence-electron chi connectivity index (χ2n) is 16.6. The Kier molecular flexibility index (Phi) is 14.2. The normalized spacial score (nSPS) is 13.4. The Morgan fingerprint density at radius 1 is 0.538 bits per heavy atom. The highest BCUT2D eigenvalue weighted by atomic mass is 16.3. The lowest BCUT2D eigenvalue weighted by molar-refractivity contribution is 0.667. The Hall–Kier alpha value is -7.81. The lowest BCUT2D eigenvalue weighted by Crippen LogP contribution is -1.97. The minimum Gasteiger partial charge on any atom is -0.455 e. The van der Waals surface area contributed by atoms with Crippen molar-refractivity contribution in [3.05, 3.63) is 276 Å². The van der Waals surface area contributed by atoms with E-state index < -0.39 is 0 Å². The number of nitrogens with zero attached hydrogens (tertiary/aromatic N) is 1. The quantitative estimate of drug-likeness (QED) is 0.111. The molecule has 9 aromatic rings. The van der Waals surface area contributed by atoms with Gasteiger partial charge >= 0.3 is 0 Å². The fourth-order valence-electron chi connectivity index (χ4n) is 8.05. The van der Waals surface area contributed by atoms with Crippen LogP contribution in [-0.4, -0.2) is 5.71 Å². The van der Waals surface area contributed by atoms with Crippen LogP contribution in [0.15, 0.2) is 247 Å². The van der Waals surface area contributed by atoms with Crippen molar-refractivity contribution in [2.75, 3.05) is 0 Å². The molecule has 0 aliphatic heterocycles. The third-order valence-electron chi connectivity index (χ3n) is 11.8. The number of hydrogen-bond donors (Lipinski definition) is 0. The van der Waals surface area contributed by atoms with Crippen molar-refractivity contribution >= 4 is 38.9 Å². The number of aliphatic imine (C=N–C) groups is 1. The van der Waals surface area contributed by atoms with Crippen LogP contribution in [0.1, 0.15) is 58.2 Å². The number of benzene rings is 8. The highest BCUT2D eigenvalue weighted by molar-refractivity contribution is 6.11. The highest BCUT2D eigenvalue weighted by Crippen LogP contribution is 2.37. The first-order chi connectivity index (χ1) is 31.8. The van der Waals surface area contributed by atoms with Gasteiger partial charge in [0.1, 0.15) is 11.2 Å². The third kappa shape index (κ3) is 11.1. The van der Waals surface area contributed by atoms with Gasteiger partial charge in [0.25, 0.3) is 0 Å². The Labute approximate surface area is 385 Å². The van der Waals surface area contributed by atoms with Crippen molar-refractivity contribution in [2.24, 2.45) is 4.99 Å². The molecule has 10 rings (SSSR count). The smallest absolute Gasteiger partial charge is 0.143 e. The Balaban J connectivity index is 0.000000178. The van der Waals surface area contributed by atoms with E-state index in [4.69, 9.17) is 9.41 Å². The van der Waals surface area contributed by atoms with Gasteiger partial charge in [0.15, 0.2) is 0 Å². The van der Waals surface area contributed by atoms with Crippen molar-refractivity contribution < 1.29 is 4.42 Å². The number of para-hydroxylation sites is 2. The lowest BCUT2D eigenvalue weighted by Gasteiger charge is -2.13. The lowest BCUT2D eigenvalue weighted by atomic mass is 9.92. The van der Waals surface area contributed by atoms with Gasteiger partial charge in [-0.2, -0.15) is 0 Å². The first-order valence-electron chi connectivity index (χ1n) is 22.4. The minimum absolute atomic E-state index is 0.589. The standard InChI is InChI=1S/C37H29NO.C13H14.C13H12/c1-25-13-10-21-33-34-22-12-20-32(37(34)39-36(25)33)31-19-11-18-30(24-31)27(3)38-35(29-16-8-5-9-17-29)23-26(2)28-14-6-4-7-15-28;2*1-11-7-9-13(10-8-11)12-5-3-2-4-6-12/h4-24H,2H2,1,3H3;2-5,7-10,12H,6H2,1H3;2-10H,1H3/b35-23-,38-27?;;. The van der Waals surface area contributed by atoms with Crippen LogP contribution in [0, 0.1) is 20.8 Å². The summed E-state index contributed by atoms with van der Waals surface area (Å²) in [7, 11) is 0. The summed E-state index contributed by atoms with van der Waals surface area (Å²) in [6.07, 6.45) is 11.9. The molecule has 0 radical (unpaired) electrons. The van der Waals surface area contributed by atoms with E-state index in [0.717, 1.165) is 78.7 Å². The molecule has 1 aromatic heterocycles. The molecule has 318 valence electrons. The Bertz CT molecular complexity index is 3130. The predicted molar refractivity (Wildman–Crippen MR) is 279 cm³/mol. The number of rotatable bonds is 8. The fourth-order valence-corrected chi connectivity index (χ4v) is 8.05. The fraction of sp³-hybridized carbons (Fsp3) is 0.0952. The number of hydrogen-bond acceptors (Lipinski definition) is 2. The van der Waals surface area contributed by atoms with Crippen molar-refractivity contribution in [1.29, 1.82) is 0 Å². The maximum atomic E-state index is 6.43. The third-order valence-corrected chi connectivity index (χ3v) is 11.8. The molecule has 0 bridgehead atoms. The van der Waals surface area contributed by atoms with Crippen LogP contribution in [0.2, 0.25) is 0 Å². The SMILES string of the molecule is C=C(/C=C(\N=C(C)c1cccc(-c2cccc3c2oc2c(C)cccc23)c1)c1ccccc1)c1ccccc1.Cc1ccc(-c2ccccc2)cc1.Cc1ccc(C2C=CC=CC2)cc1. The molecular formula is C63H55NO. The van der Waals surface area contributed by atoms with Crippen LogP contribution < -0.4 is 0 Å². The first kappa shape index (κ1) is 43.8. The minimum atomic E-state index is 0.589. The van der Waals surface area contributed by atoms with E-state index in [2.05, 4.69) is 222 Å². The summed E-state index contributed by atoms with van der Waals surface area (Å²) in [6, 6.07) is 69.5. The molecule has 0 spiro atoms. The van der Waals surface area contributed by atoms with Crippen molar-refractivity contribution in [3.63, 3.8) is 0 Å². The topological polar surface area (TPSA) is 25.5 Å². The van der Waals surface area contributed by atoms with Crippen molar-refractivity contribution in [3.8, 4) is 22.3 Å². The van der Waals surface area contributed by atoms with Gasteiger partial charge in [0.2, 0.25) is 0 Å². The summed E-state index contributed by atoms with van der Waals surface area (Å²) in [5.74, 6) is 0.589. The molecule has 1 unspecified atom stereocenters.